The van der Waals surface area contributed by atoms with Crippen molar-refractivity contribution in [2.75, 3.05) is 20.1 Å². The highest BCUT2D eigenvalue weighted by molar-refractivity contribution is 5.25. The van der Waals surface area contributed by atoms with Crippen molar-refractivity contribution in [2.45, 2.75) is 118 Å². The molecule has 0 bridgehead atoms. The zero-order valence-corrected chi connectivity index (χ0v) is 25.6. The summed E-state index contributed by atoms with van der Waals surface area (Å²) in [5.74, 6) is 6.17. The summed E-state index contributed by atoms with van der Waals surface area (Å²) < 4.78 is 0. The van der Waals surface area contributed by atoms with E-state index in [4.69, 9.17) is 0 Å². The Morgan fingerprint density at radius 2 is 1.89 bits per heavy atom. The van der Waals surface area contributed by atoms with Crippen LogP contribution < -0.4 is 0 Å². The first-order chi connectivity index (χ1) is 17.7. The summed E-state index contributed by atoms with van der Waals surface area (Å²) in [7, 11) is 2.35. The summed E-state index contributed by atoms with van der Waals surface area (Å²) in [6.07, 6.45) is 28.0. The SMILES string of the molecule is C=CCCCCN(C)CC1CCC2(C)C(=CCC3C2CCC2(C)C(C/C=C/C(CC)C(C)C)CC[C@@H]32)C1. The number of rotatable bonds is 12. The first-order valence-electron chi connectivity index (χ1n) is 16.4. The lowest BCUT2D eigenvalue weighted by Gasteiger charge is -2.58. The van der Waals surface area contributed by atoms with Gasteiger partial charge in [0.1, 0.15) is 0 Å². The highest BCUT2D eigenvalue weighted by Gasteiger charge is 2.58. The molecule has 1 nitrogen and oxygen atoms in total. The predicted molar refractivity (Wildman–Crippen MR) is 163 cm³/mol. The van der Waals surface area contributed by atoms with Crippen molar-refractivity contribution in [1.82, 2.24) is 4.90 Å². The van der Waals surface area contributed by atoms with Crippen molar-refractivity contribution in [3.63, 3.8) is 0 Å². The summed E-state index contributed by atoms with van der Waals surface area (Å²) in [5.41, 5.74) is 2.94. The maximum Gasteiger partial charge on any atom is 0.000968 e. The van der Waals surface area contributed by atoms with E-state index >= 15 is 0 Å². The maximum atomic E-state index is 3.87. The number of unbranched alkanes of at least 4 members (excludes halogenated alkanes) is 2. The summed E-state index contributed by atoms with van der Waals surface area (Å²) in [4.78, 5) is 2.62. The van der Waals surface area contributed by atoms with Crippen molar-refractivity contribution in [2.24, 2.45) is 52.3 Å². The molecule has 4 rings (SSSR count). The lowest BCUT2D eigenvalue weighted by molar-refractivity contribution is -0.0445. The molecule has 210 valence electrons. The number of nitrogens with zero attached hydrogens (tertiary/aromatic N) is 1. The van der Waals surface area contributed by atoms with Crippen LogP contribution in [0.1, 0.15) is 118 Å². The Morgan fingerprint density at radius 1 is 1.08 bits per heavy atom. The fourth-order valence-corrected chi connectivity index (χ4v) is 9.84. The molecule has 0 aromatic rings. The Morgan fingerprint density at radius 3 is 2.62 bits per heavy atom. The molecule has 0 aromatic heterocycles. The van der Waals surface area contributed by atoms with E-state index < -0.39 is 0 Å². The molecular formula is C36H61N. The predicted octanol–water partition coefficient (Wildman–Crippen LogP) is 10.1. The number of hydrogen-bond acceptors (Lipinski definition) is 1. The molecule has 3 saturated carbocycles. The molecule has 0 radical (unpaired) electrons. The first-order valence-corrected chi connectivity index (χ1v) is 16.4. The van der Waals surface area contributed by atoms with Gasteiger partial charge in [0.2, 0.25) is 0 Å². The third-order valence-electron chi connectivity index (χ3n) is 12.3. The van der Waals surface area contributed by atoms with Gasteiger partial charge in [-0.1, -0.05) is 64.5 Å². The smallest absolute Gasteiger partial charge is 0.000968 e. The van der Waals surface area contributed by atoms with Gasteiger partial charge in [0.25, 0.3) is 0 Å². The average Bonchev–Trinajstić information content (AvgIpc) is 3.20. The molecule has 7 unspecified atom stereocenters. The molecule has 0 saturated heterocycles. The summed E-state index contributed by atoms with van der Waals surface area (Å²) >= 11 is 0. The van der Waals surface area contributed by atoms with Gasteiger partial charge in [-0.2, -0.15) is 0 Å². The molecule has 8 atom stereocenters. The Bertz CT molecular complexity index is 805. The molecule has 0 N–H and O–H groups in total. The quantitative estimate of drug-likeness (QED) is 0.187. The van der Waals surface area contributed by atoms with E-state index in [1.807, 2.05) is 5.57 Å². The monoisotopic (exact) mass is 507 g/mol. The van der Waals surface area contributed by atoms with Crippen LogP contribution in [0, 0.1) is 52.3 Å². The zero-order valence-electron chi connectivity index (χ0n) is 25.6. The highest BCUT2D eigenvalue weighted by atomic mass is 15.1. The van der Waals surface area contributed by atoms with Gasteiger partial charge in [-0.3, -0.25) is 0 Å². The number of allylic oxidation sites excluding steroid dienone is 5. The Labute approximate surface area is 231 Å². The minimum Gasteiger partial charge on any atom is -0.306 e. The third kappa shape index (κ3) is 6.18. The van der Waals surface area contributed by atoms with Crippen LogP contribution in [0.2, 0.25) is 0 Å². The molecule has 1 heteroatoms. The van der Waals surface area contributed by atoms with Crippen LogP contribution in [0.3, 0.4) is 0 Å². The van der Waals surface area contributed by atoms with Gasteiger partial charge < -0.3 is 4.90 Å². The van der Waals surface area contributed by atoms with Gasteiger partial charge >= 0.3 is 0 Å². The van der Waals surface area contributed by atoms with Crippen LogP contribution in [0.25, 0.3) is 0 Å². The lowest BCUT2D eigenvalue weighted by Crippen LogP contribution is -2.50. The van der Waals surface area contributed by atoms with Crippen LogP contribution in [-0.2, 0) is 0 Å². The molecule has 0 aliphatic heterocycles. The van der Waals surface area contributed by atoms with Crippen LogP contribution in [-0.4, -0.2) is 25.0 Å². The largest absolute Gasteiger partial charge is 0.306 e. The summed E-state index contributed by atoms with van der Waals surface area (Å²) in [6.45, 7) is 18.9. The molecule has 0 aromatic carbocycles. The number of fused-ring (bicyclic) bond motifs is 5. The lowest BCUT2D eigenvalue weighted by atomic mass is 9.47. The molecule has 37 heavy (non-hydrogen) atoms. The van der Waals surface area contributed by atoms with Gasteiger partial charge in [0.05, 0.1) is 0 Å². The van der Waals surface area contributed by atoms with Gasteiger partial charge in [-0.05, 0) is 149 Å². The fraction of sp³-hybridized carbons (Fsp3) is 0.833. The molecule has 0 spiro atoms. The van der Waals surface area contributed by atoms with Crippen LogP contribution >= 0.6 is 0 Å². The van der Waals surface area contributed by atoms with Crippen LogP contribution in [0.15, 0.2) is 36.5 Å². The van der Waals surface area contributed by atoms with E-state index in [0.29, 0.717) is 10.8 Å². The van der Waals surface area contributed by atoms with E-state index in [1.165, 1.54) is 96.6 Å². The molecule has 4 aliphatic rings. The first kappa shape index (κ1) is 29.2. The molecule has 3 fully saturated rings. The van der Waals surface area contributed by atoms with Crippen molar-refractivity contribution in [3.8, 4) is 0 Å². The maximum absolute atomic E-state index is 3.87. The topological polar surface area (TPSA) is 3.24 Å². The second-order valence-corrected chi connectivity index (χ2v) is 14.7. The van der Waals surface area contributed by atoms with Gasteiger partial charge in [0.15, 0.2) is 0 Å². The molecular weight excluding hydrogens is 446 g/mol. The molecule has 0 amide bonds. The Hall–Kier alpha value is -0.820. The van der Waals surface area contributed by atoms with Gasteiger partial charge in [-0.25, -0.2) is 0 Å². The van der Waals surface area contributed by atoms with E-state index in [-0.39, 0.29) is 0 Å². The molecule has 4 aliphatic carbocycles. The number of hydrogen-bond donors (Lipinski definition) is 0. The van der Waals surface area contributed by atoms with E-state index in [1.54, 1.807) is 0 Å². The van der Waals surface area contributed by atoms with Crippen molar-refractivity contribution in [1.29, 1.82) is 0 Å². The van der Waals surface area contributed by atoms with E-state index in [2.05, 4.69) is 77.4 Å². The van der Waals surface area contributed by atoms with E-state index in [0.717, 1.165) is 41.4 Å². The van der Waals surface area contributed by atoms with Crippen LogP contribution in [0.5, 0.6) is 0 Å². The standard InChI is InChI=1S/C36H61N/c1-8-10-11-12-24-37(7)26-28-20-22-36(6)31(25-28)16-18-32-33-19-17-30(35(33,5)23-21-34(32)36)15-13-14-29(9-2)27(3)4/h8,13-14,16,27-30,32-34H,1,9-12,15,17-26H2,2-7H3/b14-13+/t28?,29?,30?,32?,33-,34?,35?,36?/m0/s1. The average molecular weight is 508 g/mol. The Balaban J connectivity index is 1.36. The minimum absolute atomic E-state index is 0.493. The highest BCUT2D eigenvalue weighted by Crippen LogP contribution is 2.67. The second kappa shape index (κ2) is 12.6. The fourth-order valence-electron chi connectivity index (χ4n) is 9.84. The Kier molecular flexibility index (Phi) is 9.91. The van der Waals surface area contributed by atoms with Crippen molar-refractivity contribution >= 4 is 0 Å². The zero-order chi connectivity index (χ0) is 26.6. The van der Waals surface area contributed by atoms with Crippen LogP contribution in [0.4, 0.5) is 0 Å². The molecule has 0 heterocycles. The van der Waals surface area contributed by atoms with Crippen molar-refractivity contribution < 1.29 is 0 Å². The third-order valence-corrected chi connectivity index (χ3v) is 12.3. The van der Waals surface area contributed by atoms with Crippen molar-refractivity contribution in [3.05, 3.63) is 36.5 Å². The minimum atomic E-state index is 0.493. The van der Waals surface area contributed by atoms with E-state index in [9.17, 15) is 0 Å². The van der Waals surface area contributed by atoms with Gasteiger partial charge in [0, 0.05) is 6.54 Å². The normalized spacial score (nSPS) is 38.4. The summed E-state index contributed by atoms with van der Waals surface area (Å²) in [5, 5.41) is 0. The second-order valence-electron chi connectivity index (χ2n) is 14.7. The summed E-state index contributed by atoms with van der Waals surface area (Å²) in [6, 6.07) is 0. The van der Waals surface area contributed by atoms with Gasteiger partial charge in [-0.15, -0.1) is 6.58 Å².